The third-order valence-electron chi connectivity index (χ3n) is 1.62. The highest BCUT2D eigenvalue weighted by Crippen LogP contribution is 2.16. The molecule has 2 rings (SSSR count). The van der Waals surface area contributed by atoms with Crippen molar-refractivity contribution in [1.29, 1.82) is 0 Å². The van der Waals surface area contributed by atoms with E-state index in [1.165, 1.54) is 6.39 Å². The van der Waals surface area contributed by atoms with Crippen molar-refractivity contribution in [2.24, 2.45) is 5.73 Å². The van der Waals surface area contributed by atoms with Crippen LogP contribution in [0.2, 0.25) is 0 Å². The summed E-state index contributed by atoms with van der Waals surface area (Å²) in [5.41, 5.74) is 6.57. The lowest BCUT2D eigenvalue weighted by Crippen LogP contribution is -2.10. The molecule has 1 heterocycles. The number of aromatic nitrogens is 1. The minimum atomic E-state index is -0.502. The SMILES string of the molecule is Cl.NC(=O)c1cccc2ncoc12. The second-order valence-electron chi connectivity index (χ2n) is 2.37. The van der Waals surface area contributed by atoms with Crippen molar-refractivity contribution in [1.82, 2.24) is 4.98 Å². The standard InChI is InChI=1S/C8H6N2O2.ClH/c9-8(11)5-2-1-3-6-7(5)12-4-10-6;/h1-4H,(H2,9,11);1H. The summed E-state index contributed by atoms with van der Waals surface area (Å²) in [7, 11) is 0. The number of nitrogens with two attached hydrogens (primary N) is 1. The fraction of sp³-hybridized carbons (Fsp3) is 0. The first-order valence-electron chi connectivity index (χ1n) is 3.41. The van der Waals surface area contributed by atoms with Gasteiger partial charge in [-0.25, -0.2) is 4.98 Å². The van der Waals surface area contributed by atoms with Gasteiger partial charge in [0.1, 0.15) is 5.52 Å². The second kappa shape index (κ2) is 3.45. The number of fused-ring (bicyclic) bond motifs is 1. The summed E-state index contributed by atoms with van der Waals surface area (Å²) in [5, 5.41) is 0. The Hall–Kier alpha value is -1.55. The van der Waals surface area contributed by atoms with Gasteiger partial charge in [-0.15, -0.1) is 12.4 Å². The smallest absolute Gasteiger partial charge is 0.252 e. The third-order valence-corrected chi connectivity index (χ3v) is 1.62. The summed E-state index contributed by atoms with van der Waals surface area (Å²) < 4.78 is 5.00. The lowest BCUT2D eigenvalue weighted by Gasteiger charge is -1.93. The van der Waals surface area contributed by atoms with E-state index in [9.17, 15) is 4.79 Å². The van der Waals surface area contributed by atoms with Gasteiger partial charge in [-0.2, -0.15) is 0 Å². The highest BCUT2D eigenvalue weighted by atomic mass is 35.5. The van der Waals surface area contributed by atoms with Crippen LogP contribution in [-0.2, 0) is 0 Å². The normalized spacial score (nSPS) is 9.54. The lowest BCUT2D eigenvalue weighted by atomic mass is 10.2. The van der Waals surface area contributed by atoms with Gasteiger partial charge in [0.2, 0.25) is 0 Å². The molecule has 1 aromatic heterocycles. The summed E-state index contributed by atoms with van der Waals surface area (Å²) in [6, 6.07) is 5.08. The van der Waals surface area contributed by atoms with Crippen LogP contribution in [0.15, 0.2) is 29.0 Å². The molecule has 0 spiro atoms. The number of halogens is 1. The van der Waals surface area contributed by atoms with Crippen molar-refractivity contribution < 1.29 is 9.21 Å². The molecule has 0 unspecified atom stereocenters. The van der Waals surface area contributed by atoms with Crippen LogP contribution >= 0.6 is 12.4 Å². The average molecular weight is 199 g/mol. The Morgan fingerprint density at radius 1 is 1.46 bits per heavy atom. The Balaban J connectivity index is 0.000000845. The first kappa shape index (κ1) is 9.54. The largest absolute Gasteiger partial charge is 0.443 e. The van der Waals surface area contributed by atoms with Gasteiger partial charge < -0.3 is 10.2 Å². The number of amides is 1. The molecule has 13 heavy (non-hydrogen) atoms. The van der Waals surface area contributed by atoms with Crippen LogP contribution in [0.5, 0.6) is 0 Å². The quantitative estimate of drug-likeness (QED) is 0.752. The maximum absolute atomic E-state index is 10.8. The minimum Gasteiger partial charge on any atom is -0.443 e. The molecule has 0 aliphatic carbocycles. The number of hydrogen-bond donors (Lipinski definition) is 1. The van der Waals surface area contributed by atoms with Gasteiger partial charge in [-0.3, -0.25) is 4.79 Å². The number of nitrogens with zero attached hydrogens (tertiary/aromatic N) is 1. The molecular formula is C8H7ClN2O2. The molecule has 0 bridgehead atoms. The van der Waals surface area contributed by atoms with E-state index >= 15 is 0 Å². The van der Waals surface area contributed by atoms with Crippen LogP contribution in [0.1, 0.15) is 10.4 Å². The van der Waals surface area contributed by atoms with Crippen molar-refractivity contribution in [3.8, 4) is 0 Å². The third kappa shape index (κ3) is 1.48. The number of carbonyl (C=O) groups excluding carboxylic acids is 1. The monoisotopic (exact) mass is 198 g/mol. The molecule has 0 aliphatic heterocycles. The van der Waals surface area contributed by atoms with Gasteiger partial charge in [0.05, 0.1) is 5.56 Å². The van der Waals surface area contributed by atoms with E-state index in [2.05, 4.69) is 4.98 Å². The van der Waals surface area contributed by atoms with Gasteiger partial charge in [0.15, 0.2) is 12.0 Å². The molecule has 0 saturated carbocycles. The van der Waals surface area contributed by atoms with E-state index in [4.69, 9.17) is 10.2 Å². The zero-order valence-electron chi connectivity index (χ0n) is 6.56. The minimum absolute atomic E-state index is 0. The van der Waals surface area contributed by atoms with Gasteiger partial charge >= 0.3 is 0 Å². The van der Waals surface area contributed by atoms with E-state index in [0.29, 0.717) is 16.7 Å². The number of para-hydroxylation sites is 1. The fourth-order valence-corrected chi connectivity index (χ4v) is 1.08. The van der Waals surface area contributed by atoms with Crippen LogP contribution in [-0.4, -0.2) is 10.9 Å². The van der Waals surface area contributed by atoms with E-state index in [1.54, 1.807) is 18.2 Å². The van der Waals surface area contributed by atoms with Crippen molar-refractivity contribution in [2.45, 2.75) is 0 Å². The first-order valence-corrected chi connectivity index (χ1v) is 3.41. The predicted octanol–water partition coefficient (Wildman–Crippen LogP) is 1.35. The molecule has 68 valence electrons. The van der Waals surface area contributed by atoms with Crippen LogP contribution in [0.3, 0.4) is 0 Å². The first-order chi connectivity index (χ1) is 5.79. The summed E-state index contributed by atoms with van der Waals surface area (Å²) in [5.74, 6) is -0.502. The number of rotatable bonds is 1. The molecule has 2 aromatic rings. The molecule has 2 N–H and O–H groups in total. The second-order valence-corrected chi connectivity index (χ2v) is 2.37. The van der Waals surface area contributed by atoms with E-state index in [1.807, 2.05) is 0 Å². The molecule has 0 atom stereocenters. The van der Waals surface area contributed by atoms with Crippen molar-refractivity contribution in [3.05, 3.63) is 30.2 Å². The van der Waals surface area contributed by atoms with E-state index in [-0.39, 0.29) is 12.4 Å². The lowest BCUT2D eigenvalue weighted by molar-refractivity contribution is 0.100. The Bertz CT molecular complexity index is 438. The predicted molar refractivity (Wildman–Crippen MR) is 49.8 cm³/mol. The van der Waals surface area contributed by atoms with Gasteiger partial charge in [0.25, 0.3) is 5.91 Å². The molecule has 4 nitrogen and oxygen atoms in total. The maximum atomic E-state index is 10.8. The van der Waals surface area contributed by atoms with Gasteiger partial charge in [-0.1, -0.05) is 6.07 Å². The molecule has 5 heteroatoms. The molecule has 1 amide bonds. The molecule has 1 aromatic carbocycles. The highest BCUT2D eigenvalue weighted by molar-refractivity contribution is 6.03. The summed E-state index contributed by atoms with van der Waals surface area (Å²) in [4.78, 5) is 14.7. The van der Waals surface area contributed by atoms with Crippen LogP contribution < -0.4 is 5.73 Å². The van der Waals surface area contributed by atoms with Crippen LogP contribution in [0, 0.1) is 0 Å². The number of hydrogen-bond acceptors (Lipinski definition) is 3. The van der Waals surface area contributed by atoms with Crippen molar-refractivity contribution >= 4 is 29.4 Å². The molecule has 0 radical (unpaired) electrons. The van der Waals surface area contributed by atoms with Crippen molar-refractivity contribution in [3.63, 3.8) is 0 Å². The Labute approximate surface area is 80.1 Å². The Kier molecular flexibility index (Phi) is 2.53. The Morgan fingerprint density at radius 2 is 2.23 bits per heavy atom. The topological polar surface area (TPSA) is 69.1 Å². The Morgan fingerprint density at radius 3 is 2.92 bits per heavy atom. The zero-order valence-corrected chi connectivity index (χ0v) is 7.38. The highest BCUT2D eigenvalue weighted by Gasteiger charge is 2.08. The number of primary amides is 1. The summed E-state index contributed by atoms with van der Waals surface area (Å²) >= 11 is 0. The fourth-order valence-electron chi connectivity index (χ4n) is 1.08. The summed E-state index contributed by atoms with van der Waals surface area (Å²) in [6.07, 6.45) is 1.29. The van der Waals surface area contributed by atoms with E-state index < -0.39 is 5.91 Å². The molecule has 0 aliphatic rings. The van der Waals surface area contributed by atoms with Crippen LogP contribution in [0.25, 0.3) is 11.1 Å². The summed E-state index contributed by atoms with van der Waals surface area (Å²) in [6.45, 7) is 0. The average Bonchev–Trinajstić information content (AvgIpc) is 2.49. The van der Waals surface area contributed by atoms with Gasteiger partial charge in [0, 0.05) is 0 Å². The number of carbonyl (C=O) groups is 1. The zero-order chi connectivity index (χ0) is 8.55. The van der Waals surface area contributed by atoms with E-state index in [0.717, 1.165) is 0 Å². The number of oxazole rings is 1. The molecule has 0 fully saturated rings. The number of benzene rings is 1. The molecule has 0 saturated heterocycles. The van der Waals surface area contributed by atoms with Crippen LogP contribution in [0.4, 0.5) is 0 Å². The molecular weight excluding hydrogens is 192 g/mol. The van der Waals surface area contributed by atoms with Gasteiger partial charge in [-0.05, 0) is 12.1 Å². The van der Waals surface area contributed by atoms with Crippen molar-refractivity contribution in [2.75, 3.05) is 0 Å². The maximum Gasteiger partial charge on any atom is 0.252 e.